The maximum atomic E-state index is 6.54. The van der Waals surface area contributed by atoms with E-state index in [4.69, 9.17) is 23.2 Å². The molecule has 3 aliphatic rings. The molecule has 192 valence electrons. The van der Waals surface area contributed by atoms with Gasteiger partial charge < -0.3 is 0 Å². The van der Waals surface area contributed by atoms with Crippen LogP contribution in [0.4, 0.5) is 0 Å². The van der Waals surface area contributed by atoms with Crippen LogP contribution in [0.1, 0.15) is 34.3 Å². The fraction of sp³-hybridized carbons (Fsp3) is 0.250. The van der Waals surface area contributed by atoms with Crippen LogP contribution < -0.4 is 0 Å². The molecule has 0 aromatic heterocycles. The maximum absolute atomic E-state index is 6.54. The smallest absolute Gasteiger partial charge is 0.0410 e. The van der Waals surface area contributed by atoms with E-state index in [9.17, 15) is 0 Å². The number of rotatable bonds is 2. The Morgan fingerprint density at radius 3 is 1.39 bits per heavy atom. The number of hydrogen-bond donors (Lipinski definition) is 0. The Labute approximate surface area is 243 Å². The van der Waals surface area contributed by atoms with Crippen molar-refractivity contribution < 1.29 is 0 Å². The minimum absolute atomic E-state index is 0.328. The first kappa shape index (κ1) is 25.1. The van der Waals surface area contributed by atoms with Crippen molar-refractivity contribution >= 4 is 46.7 Å². The molecule has 2 nitrogen and oxygen atoms in total. The molecule has 0 saturated carbocycles. The molecule has 1 saturated heterocycles. The van der Waals surface area contributed by atoms with Crippen LogP contribution in [0, 0.1) is 0 Å². The van der Waals surface area contributed by atoms with E-state index in [-0.39, 0.29) is 0 Å². The zero-order valence-corrected chi connectivity index (χ0v) is 24.1. The van der Waals surface area contributed by atoms with Gasteiger partial charge >= 0.3 is 0 Å². The number of hydrogen-bond acceptors (Lipinski definition) is 4. The van der Waals surface area contributed by atoms with E-state index in [1.807, 2.05) is 35.7 Å². The van der Waals surface area contributed by atoms with Crippen molar-refractivity contribution in [3.63, 3.8) is 0 Å². The van der Waals surface area contributed by atoms with Crippen molar-refractivity contribution in [3.8, 4) is 0 Å². The third kappa shape index (κ3) is 4.81. The molecule has 0 amide bonds. The van der Waals surface area contributed by atoms with Gasteiger partial charge in [-0.1, -0.05) is 83.1 Å². The van der Waals surface area contributed by atoms with E-state index in [0.717, 1.165) is 49.1 Å². The summed E-state index contributed by atoms with van der Waals surface area (Å²) in [7, 11) is 0. The first-order valence-corrected chi connectivity index (χ1v) is 15.6. The molecule has 0 spiro atoms. The zero-order chi connectivity index (χ0) is 25.6. The van der Waals surface area contributed by atoms with Gasteiger partial charge in [-0.3, -0.25) is 9.80 Å². The Bertz CT molecular complexity index is 1390. The predicted octanol–water partition coefficient (Wildman–Crippen LogP) is 8.81. The van der Waals surface area contributed by atoms with E-state index in [2.05, 4.69) is 82.6 Å². The first-order chi connectivity index (χ1) is 18.6. The lowest BCUT2D eigenvalue weighted by molar-refractivity contribution is 0.0662. The summed E-state index contributed by atoms with van der Waals surface area (Å²) < 4.78 is 0. The topological polar surface area (TPSA) is 6.48 Å². The summed E-state index contributed by atoms with van der Waals surface area (Å²) in [5.74, 6) is 0. The third-order valence-electron chi connectivity index (χ3n) is 8.10. The minimum atomic E-state index is 0.328. The Hall–Kier alpha value is -1.92. The molecule has 1 fully saturated rings. The van der Waals surface area contributed by atoms with Gasteiger partial charge in [0.25, 0.3) is 0 Å². The molecule has 0 bridgehead atoms. The molecule has 2 unspecified atom stereocenters. The lowest BCUT2D eigenvalue weighted by Gasteiger charge is -2.43. The highest BCUT2D eigenvalue weighted by Gasteiger charge is 2.34. The molecule has 0 radical (unpaired) electrons. The summed E-state index contributed by atoms with van der Waals surface area (Å²) in [4.78, 5) is 10.8. The summed E-state index contributed by atoms with van der Waals surface area (Å²) in [6.45, 7) is 4.13. The van der Waals surface area contributed by atoms with E-state index in [0.29, 0.717) is 12.1 Å². The highest BCUT2D eigenvalue weighted by Crippen LogP contribution is 2.46. The van der Waals surface area contributed by atoms with Gasteiger partial charge in [-0.15, -0.1) is 0 Å². The number of nitrogens with zero attached hydrogens (tertiary/aromatic N) is 2. The molecule has 3 heterocycles. The fourth-order valence-electron chi connectivity index (χ4n) is 6.18. The fourth-order valence-corrected chi connectivity index (χ4v) is 8.77. The first-order valence-electron chi connectivity index (χ1n) is 13.2. The summed E-state index contributed by atoms with van der Waals surface area (Å²) in [6, 6.07) is 31.2. The monoisotopic (exact) mass is 574 g/mol. The van der Waals surface area contributed by atoms with Crippen LogP contribution >= 0.6 is 46.7 Å². The van der Waals surface area contributed by atoms with Crippen molar-refractivity contribution in [2.24, 2.45) is 0 Å². The van der Waals surface area contributed by atoms with Crippen molar-refractivity contribution in [2.75, 3.05) is 26.2 Å². The lowest BCUT2D eigenvalue weighted by Crippen LogP contribution is -2.49. The van der Waals surface area contributed by atoms with Gasteiger partial charge in [-0.05, 0) is 83.6 Å². The Morgan fingerprint density at radius 1 is 0.526 bits per heavy atom. The largest absolute Gasteiger partial charge is 0.293 e. The van der Waals surface area contributed by atoms with Gasteiger partial charge in [0.15, 0.2) is 0 Å². The van der Waals surface area contributed by atoms with Gasteiger partial charge in [-0.2, -0.15) is 0 Å². The van der Waals surface area contributed by atoms with Crippen molar-refractivity contribution in [2.45, 2.75) is 44.5 Å². The van der Waals surface area contributed by atoms with E-state index < -0.39 is 0 Å². The van der Waals surface area contributed by atoms with Crippen LogP contribution in [0.3, 0.4) is 0 Å². The van der Waals surface area contributed by atoms with Crippen molar-refractivity contribution in [3.05, 3.63) is 117 Å². The lowest BCUT2D eigenvalue weighted by atomic mass is 9.95. The quantitative estimate of drug-likeness (QED) is 0.236. The third-order valence-corrected chi connectivity index (χ3v) is 11.0. The highest BCUT2D eigenvalue weighted by molar-refractivity contribution is 7.99. The zero-order valence-electron chi connectivity index (χ0n) is 20.9. The minimum Gasteiger partial charge on any atom is -0.293 e. The molecule has 0 N–H and O–H groups in total. The Kier molecular flexibility index (Phi) is 6.98. The summed E-state index contributed by atoms with van der Waals surface area (Å²) in [6.07, 6.45) is 2.03. The molecule has 2 atom stereocenters. The predicted molar refractivity (Wildman–Crippen MR) is 160 cm³/mol. The van der Waals surface area contributed by atoms with Gasteiger partial charge in [0.2, 0.25) is 0 Å². The van der Waals surface area contributed by atoms with E-state index in [1.54, 1.807) is 0 Å². The average molecular weight is 576 g/mol. The van der Waals surface area contributed by atoms with Crippen LogP contribution in [0.5, 0.6) is 0 Å². The van der Waals surface area contributed by atoms with Crippen LogP contribution in [0.25, 0.3) is 0 Å². The van der Waals surface area contributed by atoms with Crippen LogP contribution in [-0.4, -0.2) is 36.0 Å². The summed E-state index contributed by atoms with van der Waals surface area (Å²) in [5, 5.41) is 1.64. The Balaban J connectivity index is 1.18. The molecule has 7 rings (SSSR count). The molecular weight excluding hydrogens is 547 g/mol. The summed E-state index contributed by atoms with van der Waals surface area (Å²) >= 11 is 16.8. The van der Waals surface area contributed by atoms with Gasteiger partial charge in [0.1, 0.15) is 0 Å². The second-order valence-electron chi connectivity index (χ2n) is 10.3. The van der Waals surface area contributed by atoms with Crippen LogP contribution in [-0.2, 0) is 12.8 Å². The number of halogens is 2. The molecule has 6 heteroatoms. The molecule has 38 heavy (non-hydrogen) atoms. The summed E-state index contributed by atoms with van der Waals surface area (Å²) in [5.41, 5.74) is 5.59. The van der Waals surface area contributed by atoms with E-state index >= 15 is 0 Å². The van der Waals surface area contributed by atoms with E-state index in [1.165, 1.54) is 41.8 Å². The molecule has 4 aromatic rings. The average Bonchev–Trinajstić information content (AvgIpc) is 3.21. The number of fused-ring (bicyclic) bond motifs is 4. The van der Waals surface area contributed by atoms with Gasteiger partial charge in [0.05, 0.1) is 0 Å². The molecular formula is C32H28Cl2N2S2. The highest BCUT2D eigenvalue weighted by atomic mass is 35.5. The SMILES string of the molecule is Clc1ccc2c(c1)C(N1CCN(C3Cc4ccccc4Sc4ccc(Cl)cc43)CC1)Cc1ccccc1S2. The molecule has 3 aliphatic heterocycles. The second kappa shape index (κ2) is 10.6. The normalized spacial score (nSPS) is 21.4. The van der Waals surface area contributed by atoms with Gasteiger partial charge in [-0.25, -0.2) is 0 Å². The molecule has 4 aromatic carbocycles. The standard InChI is InChI=1S/C32H28Cl2N2S2/c33-23-9-11-31-25(19-23)27(17-21-5-1-3-7-29(21)37-31)35-13-15-36(16-14-35)28-18-22-6-2-4-8-30(22)38-32-12-10-24(34)20-26(28)32/h1-12,19-20,27-28H,13-18H2. The maximum Gasteiger partial charge on any atom is 0.0410 e. The van der Waals surface area contributed by atoms with Gasteiger partial charge in [0, 0.05) is 67.9 Å². The second-order valence-corrected chi connectivity index (χ2v) is 13.3. The van der Waals surface area contributed by atoms with Crippen molar-refractivity contribution in [1.29, 1.82) is 0 Å². The number of benzene rings is 4. The number of piperazine rings is 1. The van der Waals surface area contributed by atoms with Crippen LogP contribution in [0.2, 0.25) is 10.0 Å². The van der Waals surface area contributed by atoms with Crippen molar-refractivity contribution in [1.82, 2.24) is 9.80 Å². The molecule has 0 aliphatic carbocycles. The Morgan fingerprint density at radius 2 is 0.947 bits per heavy atom. The van der Waals surface area contributed by atoms with Crippen LogP contribution in [0.15, 0.2) is 105 Å².